The molecule has 0 bridgehead atoms. The molecule has 17 heavy (non-hydrogen) atoms. The van der Waals surface area contributed by atoms with Crippen molar-refractivity contribution >= 4 is 17.7 Å². The van der Waals surface area contributed by atoms with Crippen molar-refractivity contribution in [2.24, 2.45) is 0 Å². The van der Waals surface area contributed by atoms with Gasteiger partial charge in [0, 0.05) is 17.6 Å². The number of aliphatic hydroxyl groups is 1. The summed E-state index contributed by atoms with van der Waals surface area (Å²) in [5.41, 5.74) is 1.95. The van der Waals surface area contributed by atoms with Crippen LogP contribution >= 0.6 is 11.8 Å². The van der Waals surface area contributed by atoms with Crippen LogP contribution in [0.2, 0.25) is 0 Å². The van der Waals surface area contributed by atoms with Crippen LogP contribution in [-0.4, -0.2) is 28.0 Å². The average molecular weight is 254 g/mol. The molecule has 1 aromatic rings. The van der Waals surface area contributed by atoms with E-state index in [2.05, 4.69) is 6.92 Å². The zero-order valence-corrected chi connectivity index (χ0v) is 10.7. The van der Waals surface area contributed by atoms with Crippen LogP contribution in [0.5, 0.6) is 0 Å². The van der Waals surface area contributed by atoms with Gasteiger partial charge in [-0.3, -0.25) is 4.79 Å². The molecule has 0 saturated heterocycles. The summed E-state index contributed by atoms with van der Waals surface area (Å²) in [6, 6.07) is 7.62. The highest BCUT2D eigenvalue weighted by Crippen LogP contribution is 2.22. The third-order valence-corrected chi connectivity index (χ3v) is 3.80. The molecule has 1 unspecified atom stereocenters. The minimum absolute atomic E-state index is 0.0745. The fourth-order valence-electron chi connectivity index (χ4n) is 1.53. The first-order chi connectivity index (χ1) is 8.13. The van der Waals surface area contributed by atoms with Crippen LogP contribution in [0.25, 0.3) is 0 Å². The third kappa shape index (κ3) is 5.24. The molecule has 0 aliphatic rings. The molecule has 0 spiro atoms. The monoisotopic (exact) mass is 254 g/mol. The molecule has 4 heteroatoms. The van der Waals surface area contributed by atoms with Crippen molar-refractivity contribution in [3.05, 3.63) is 35.4 Å². The van der Waals surface area contributed by atoms with Crippen molar-refractivity contribution < 1.29 is 15.0 Å². The standard InChI is InChI=1S/C13H18O3S/c1-10(6-7-14)17-9-12-5-3-2-4-11(12)8-13(15)16/h2-5,10,14H,6-9H2,1H3,(H,15,16). The predicted octanol–water partition coefficient (Wildman–Crippen LogP) is 2.32. The second-order valence-corrected chi connectivity index (χ2v) is 5.40. The van der Waals surface area contributed by atoms with Crippen LogP contribution in [0, 0.1) is 0 Å². The first-order valence-electron chi connectivity index (χ1n) is 5.64. The summed E-state index contributed by atoms with van der Waals surface area (Å²) in [7, 11) is 0. The van der Waals surface area contributed by atoms with Gasteiger partial charge >= 0.3 is 5.97 Å². The lowest BCUT2D eigenvalue weighted by molar-refractivity contribution is -0.136. The lowest BCUT2D eigenvalue weighted by Crippen LogP contribution is -2.04. The van der Waals surface area contributed by atoms with Gasteiger partial charge in [-0.1, -0.05) is 31.2 Å². The van der Waals surface area contributed by atoms with Crippen LogP contribution < -0.4 is 0 Å². The second kappa shape index (κ2) is 7.35. The fourth-order valence-corrected chi connectivity index (χ4v) is 2.55. The van der Waals surface area contributed by atoms with Crippen molar-refractivity contribution in [1.82, 2.24) is 0 Å². The number of rotatable bonds is 7. The van der Waals surface area contributed by atoms with Gasteiger partial charge in [0.25, 0.3) is 0 Å². The van der Waals surface area contributed by atoms with Gasteiger partial charge in [-0.15, -0.1) is 0 Å². The quantitative estimate of drug-likeness (QED) is 0.784. The SMILES string of the molecule is CC(CCO)SCc1ccccc1CC(=O)O. The molecule has 1 rings (SSSR count). The molecule has 0 aliphatic heterocycles. The number of carboxylic acid groups (broad SMARTS) is 1. The molecular weight excluding hydrogens is 236 g/mol. The van der Waals surface area contributed by atoms with Gasteiger partial charge in [0.1, 0.15) is 0 Å². The van der Waals surface area contributed by atoms with E-state index < -0.39 is 5.97 Å². The summed E-state index contributed by atoms with van der Waals surface area (Å²) in [6.07, 6.45) is 0.844. The van der Waals surface area contributed by atoms with E-state index in [0.717, 1.165) is 23.3 Å². The third-order valence-electron chi connectivity index (χ3n) is 2.52. The number of thioether (sulfide) groups is 1. The molecule has 0 aromatic heterocycles. The summed E-state index contributed by atoms with van der Waals surface area (Å²) in [4.78, 5) is 10.7. The highest BCUT2D eigenvalue weighted by atomic mass is 32.2. The number of carboxylic acids is 1. The highest BCUT2D eigenvalue weighted by Gasteiger charge is 2.08. The van der Waals surface area contributed by atoms with Crippen molar-refractivity contribution in [2.75, 3.05) is 6.61 Å². The number of hydrogen-bond acceptors (Lipinski definition) is 3. The van der Waals surface area contributed by atoms with Gasteiger partial charge in [-0.2, -0.15) is 11.8 Å². The Morgan fingerprint density at radius 3 is 2.59 bits per heavy atom. The largest absolute Gasteiger partial charge is 0.481 e. The van der Waals surface area contributed by atoms with Gasteiger partial charge in [0.2, 0.25) is 0 Å². The normalized spacial score (nSPS) is 12.4. The van der Waals surface area contributed by atoms with E-state index in [1.54, 1.807) is 11.8 Å². The van der Waals surface area contributed by atoms with Crippen molar-refractivity contribution in [1.29, 1.82) is 0 Å². The van der Waals surface area contributed by atoms with Gasteiger partial charge in [0.15, 0.2) is 0 Å². The van der Waals surface area contributed by atoms with Crippen molar-refractivity contribution in [3.8, 4) is 0 Å². The topological polar surface area (TPSA) is 57.5 Å². The molecular formula is C13H18O3S. The molecule has 0 heterocycles. The van der Waals surface area contributed by atoms with E-state index in [4.69, 9.17) is 10.2 Å². The Balaban J connectivity index is 2.60. The molecule has 0 fully saturated rings. The average Bonchev–Trinajstić information content (AvgIpc) is 2.27. The second-order valence-electron chi connectivity index (χ2n) is 3.97. The predicted molar refractivity (Wildman–Crippen MR) is 70.2 cm³/mol. The number of benzene rings is 1. The van der Waals surface area contributed by atoms with Crippen molar-refractivity contribution in [2.45, 2.75) is 30.8 Å². The Morgan fingerprint density at radius 2 is 2.00 bits per heavy atom. The highest BCUT2D eigenvalue weighted by molar-refractivity contribution is 7.99. The maximum atomic E-state index is 10.7. The zero-order valence-electron chi connectivity index (χ0n) is 9.93. The molecule has 0 radical (unpaired) electrons. The number of carbonyl (C=O) groups is 1. The summed E-state index contributed by atoms with van der Waals surface area (Å²) in [5.74, 6) is -0.00388. The number of aliphatic hydroxyl groups excluding tert-OH is 1. The molecule has 94 valence electrons. The van der Waals surface area contributed by atoms with E-state index in [9.17, 15) is 4.79 Å². The van der Waals surface area contributed by atoms with Crippen molar-refractivity contribution in [3.63, 3.8) is 0 Å². The number of hydrogen-bond donors (Lipinski definition) is 2. The Bertz CT molecular complexity index is 365. The molecule has 3 nitrogen and oxygen atoms in total. The van der Waals surface area contributed by atoms with Gasteiger partial charge in [-0.05, 0) is 17.5 Å². The molecule has 2 N–H and O–H groups in total. The molecule has 0 saturated carbocycles. The lowest BCUT2D eigenvalue weighted by atomic mass is 10.1. The first kappa shape index (κ1) is 14.1. The molecule has 1 atom stereocenters. The fraction of sp³-hybridized carbons (Fsp3) is 0.462. The van der Waals surface area contributed by atoms with Crippen LogP contribution in [-0.2, 0) is 17.0 Å². The zero-order chi connectivity index (χ0) is 12.7. The maximum absolute atomic E-state index is 10.7. The van der Waals surface area contributed by atoms with Gasteiger partial charge in [0.05, 0.1) is 6.42 Å². The van der Waals surface area contributed by atoms with E-state index in [1.807, 2.05) is 24.3 Å². The summed E-state index contributed by atoms with van der Waals surface area (Å²) < 4.78 is 0. The molecule has 1 aromatic carbocycles. The van der Waals surface area contributed by atoms with E-state index in [0.29, 0.717) is 5.25 Å². The minimum atomic E-state index is -0.800. The molecule has 0 aliphatic carbocycles. The molecule has 0 amide bonds. The van der Waals surface area contributed by atoms with Crippen LogP contribution in [0.4, 0.5) is 0 Å². The van der Waals surface area contributed by atoms with E-state index >= 15 is 0 Å². The van der Waals surface area contributed by atoms with Gasteiger partial charge in [-0.25, -0.2) is 0 Å². The first-order valence-corrected chi connectivity index (χ1v) is 6.69. The van der Waals surface area contributed by atoms with Crippen LogP contribution in [0.3, 0.4) is 0 Å². The Hall–Kier alpha value is -1.00. The minimum Gasteiger partial charge on any atom is -0.481 e. The Labute approximate surface area is 106 Å². The maximum Gasteiger partial charge on any atom is 0.307 e. The Morgan fingerprint density at radius 1 is 1.35 bits per heavy atom. The van der Waals surface area contributed by atoms with Crippen LogP contribution in [0.1, 0.15) is 24.5 Å². The van der Waals surface area contributed by atoms with E-state index in [1.165, 1.54) is 0 Å². The summed E-state index contributed by atoms with van der Waals surface area (Å²) in [5, 5.41) is 18.0. The lowest BCUT2D eigenvalue weighted by Gasteiger charge is -2.11. The van der Waals surface area contributed by atoms with Gasteiger partial charge < -0.3 is 10.2 Å². The smallest absolute Gasteiger partial charge is 0.307 e. The Kier molecular flexibility index (Phi) is 6.08. The number of aliphatic carboxylic acids is 1. The van der Waals surface area contributed by atoms with E-state index in [-0.39, 0.29) is 13.0 Å². The van der Waals surface area contributed by atoms with Crippen LogP contribution in [0.15, 0.2) is 24.3 Å². The summed E-state index contributed by atoms with van der Waals surface area (Å²) in [6.45, 7) is 2.27. The summed E-state index contributed by atoms with van der Waals surface area (Å²) >= 11 is 1.74.